The molecule has 1 aromatic carbocycles. The number of halogens is 1. The standard InChI is InChI=1S/C13H15FO2/c1-3-11(9-16-10(2)15)7-12-5-4-6-13(14)8-12/h4-8H,3,9H2,1-2H3/b11-7+. The average Bonchev–Trinajstić information content (AvgIpc) is 2.24. The predicted octanol–water partition coefficient (Wildman–Crippen LogP) is 3.18. The Balaban J connectivity index is 2.75. The number of hydrogen-bond acceptors (Lipinski definition) is 2. The lowest BCUT2D eigenvalue weighted by atomic mass is 10.1. The van der Waals surface area contributed by atoms with Gasteiger partial charge in [-0.25, -0.2) is 4.39 Å². The minimum atomic E-state index is -0.307. The molecule has 0 aliphatic carbocycles. The van der Waals surface area contributed by atoms with Crippen molar-refractivity contribution in [3.63, 3.8) is 0 Å². The number of benzene rings is 1. The maximum Gasteiger partial charge on any atom is 0.302 e. The zero-order chi connectivity index (χ0) is 12.0. The summed E-state index contributed by atoms with van der Waals surface area (Å²) < 4.78 is 17.8. The van der Waals surface area contributed by atoms with E-state index in [-0.39, 0.29) is 18.4 Å². The van der Waals surface area contributed by atoms with Crippen LogP contribution < -0.4 is 0 Å². The lowest BCUT2D eigenvalue weighted by Crippen LogP contribution is -2.02. The molecule has 16 heavy (non-hydrogen) atoms. The van der Waals surface area contributed by atoms with Gasteiger partial charge in [-0.05, 0) is 29.7 Å². The molecule has 0 saturated heterocycles. The molecule has 0 amide bonds. The van der Waals surface area contributed by atoms with Crippen LogP contribution in [0.25, 0.3) is 6.08 Å². The Morgan fingerprint density at radius 1 is 1.50 bits per heavy atom. The second kappa shape index (κ2) is 6.05. The molecule has 0 radical (unpaired) electrons. The van der Waals surface area contributed by atoms with Gasteiger partial charge in [0.1, 0.15) is 12.4 Å². The van der Waals surface area contributed by atoms with E-state index in [1.165, 1.54) is 19.1 Å². The van der Waals surface area contributed by atoms with Crippen molar-refractivity contribution in [3.8, 4) is 0 Å². The van der Waals surface area contributed by atoms with Gasteiger partial charge in [0.25, 0.3) is 0 Å². The Bertz CT molecular complexity index is 397. The molecular weight excluding hydrogens is 207 g/mol. The zero-order valence-electron chi connectivity index (χ0n) is 9.50. The van der Waals surface area contributed by atoms with Crippen LogP contribution >= 0.6 is 0 Å². The van der Waals surface area contributed by atoms with Crippen LogP contribution in [0.5, 0.6) is 0 Å². The summed E-state index contributed by atoms with van der Waals surface area (Å²) in [5.74, 6) is -0.574. The van der Waals surface area contributed by atoms with Crippen LogP contribution in [0.1, 0.15) is 25.8 Å². The highest BCUT2D eigenvalue weighted by molar-refractivity contribution is 5.66. The third-order valence-electron chi connectivity index (χ3n) is 2.13. The molecule has 0 aliphatic rings. The van der Waals surface area contributed by atoms with E-state index in [9.17, 15) is 9.18 Å². The summed E-state index contributed by atoms with van der Waals surface area (Å²) in [5, 5.41) is 0. The first-order valence-corrected chi connectivity index (χ1v) is 5.20. The highest BCUT2D eigenvalue weighted by Crippen LogP contribution is 2.11. The Morgan fingerprint density at radius 2 is 2.25 bits per heavy atom. The van der Waals surface area contributed by atoms with Crippen LogP contribution in [0.4, 0.5) is 4.39 Å². The van der Waals surface area contributed by atoms with Crippen molar-refractivity contribution in [3.05, 3.63) is 41.2 Å². The Labute approximate surface area is 94.7 Å². The van der Waals surface area contributed by atoms with Crippen LogP contribution in [0.3, 0.4) is 0 Å². The van der Waals surface area contributed by atoms with E-state index in [2.05, 4.69) is 0 Å². The predicted molar refractivity (Wildman–Crippen MR) is 61.3 cm³/mol. The van der Waals surface area contributed by atoms with Crippen LogP contribution in [0.2, 0.25) is 0 Å². The van der Waals surface area contributed by atoms with Gasteiger partial charge in [-0.15, -0.1) is 0 Å². The monoisotopic (exact) mass is 222 g/mol. The number of carbonyl (C=O) groups excluding carboxylic acids is 1. The molecule has 0 bridgehead atoms. The summed E-state index contributed by atoms with van der Waals surface area (Å²) in [6.07, 6.45) is 2.61. The van der Waals surface area contributed by atoms with E-state index in [4.69, 9.17) is 4.74 Å². The third kappa shape index (κ3) is 4.26. The summed E-state index contributed by atoms with van der Waals surface area (Å²) in [6.45, 7) is 3.60. The fourth-order valence-corrected chi connectivity index (χ4v) is 1.27. The normalized spacial score (nSPS) is 11.3. The maximum absolute atomic E-state index is 12.9. The number of ether oxygens (including phenoxy) is 1. The molecule has 3 heteroatoms. The van der Waals surface area contributed by atoms with Gasteiger partial charge in [-0.2, -0.15) is 0 Å². The van der Waals surface area contributed by atoms with Gasteiger partial charge in [0.05, 0.1) is 0 Å². The van der Waals surface area contributed by atoms with Crippen molar-refractivity contribution in [1.29, 1.82) is 0 Å². The summed E-state index contributed by atoms with van der Waals surface area (Å²) >= 11 is 0. The van der Waals surface area contributed by atoms with E-state index in [0.29, 0.717) is 0 Å². The SMILES string of the molecule is CC/C(=C\c1cccc(F)c1)COC(C)=O. The van der Waals surface area contributed by atoms with Crippen LogP contribution in [0.15, 0.2) is 29.8 Å². The largest absolute Gasteiger partial charge is 0.461 e. The van der Waals surface area contributed by atoms with Gasteiger partial charge < -0.3 is 4.74 Å². The fourth-order valence-electron chi connectivity index (χ4n) is 1.27. The first kappa shape index (κ1) is 12.4. The van der Waals surface area contributed by atoms with Gasteiger partial charge in [0.2, 0.25) is 0 Å². The van der Waals surface area contributed by atoms with E-state index in [0.717, 1.165) is 17.6 Å². The molecule has 0 saturated carbocycles. The molecule has 1 rings (SSSR count). The fraction of sp³-hybridized carbons (Fsp3) is 0.308. The first-order valence-electron chi connectivity index (χ1n) is 5.20. The Morgan fingerprint density at radius 3 is 2.81 bits per heavy atom. The van der Waals surface area contributed by atoms with Crippen molar-refractivity contribution < 1.29 is 13.9 Å². The average molecular weight is 222 g/mol. The van der Waals surface area contributed by atoms with E-state index >= 15 is 0 Å². The van der Waals surface area contributed by atoms with Crippen molar-refractivity contribution in [2.24, 2.45) is 0 Å². The molecule has 0 aromatic heterocycles. The van der Waals surface area contributed by atoms with Crippen molar-refractivity contribution >= 4 is 12.0 Å². The molecule has 0 spiro atoms. The molecule has 0 heterocycles. The topological polar surface area (TPSA) is 26.3 Å². The highest BCUT2D eigenvalue weighted by Gasteiger charge is 1.99. The molecule has 86 valence electrons. The van der Waals surface area contributed by atoms with Gasteiger partial charge in [0.15, 0.2) is 0 Å². The number of rotatable bonds is 4. The molecule has 2 nitrogen and oxygen atoms in total. The minimum absolute atomic E-state index is 0.266. The number of hydrogen-bond donors (Lipinski definition) is 0. The number of esters is 1. The Kier molecular flexibility index (Phi) is 4.70. The summed E-state index contributed by atoms with van der Waals surface area (Å²) in [5.41, 5.74) is 1.74. The lowest BCUT2D eigenvalue weighted by Gasteiger charge is -2.05. The minimum Gasteiger partial charge on any atom is -0.461 e. The van der Waals surface area contributed by atoms with Gasteiger partial charge in [0, 0.05) is 6.92 Å². The van der Waals surface area contributed by atoms with Gasteiger partial charge in [-0.1, -0.05) is 25.1 Å². The molecule has 0 atom stereocenters. The van der Waals surface area contributed by atoms with E-state index < -0.39 is 0 Å². The quantitative estimate of drug-likeness (QED) is 0.731. The third-order valence-corrected chi connectivity index (χ3v) is 2.13. The molecule has 0 aliphatic heterocycles. The summed E-state index contributed by atoms with van der Waals surface area (Å²) in [4.78, 5) is 10.7. The van der Waals surface area contributed by atoms with Gasteiger partial charge in [-0.3, -0.25) is 4.79 Å². The van der Waals surface area contributed by atoms with Crippen LogP contribution in [-0.2, 0) is 9.53 Å². The van der Waals surface area contributed by atoms with Gasteiger partial charge >= 0.3 is 5.97 Å². The number of carbonyl (C=O) groups is 1. The zero-order valence-corrected chi connectivity index (χ0v) is 9.50. The maximum atomic E-state index is 12.9. The van der Waals surface area contributed by atoms with Crippen LogP contribution in [0, 0.1) is 5.82 Å². The van der Waals surface area contributed by atoms with Crippen molar-refractivity contribution in [2.75, 3.05) is 6.61 Å². The second-order valence-electron chi connectivity index (χ2n) is 3.49. The molecular formula is C13H15FO2. The van der Waals surface area contributed by atoms with E-state index in [1.54, 1.807) is 6.07 Å². The summed E-state index contributed by atoms with van der Waals surface area (Å²) in [7, 11) is 0. The molecule has 0 N–H and O–H groups in total. The van der Waals surface area contributed by atoms with Crippen molar-refractivity contribution in [1.82, 2.24) is 0 Å². The van der Waals surface area contributed by atoms with Crippen molar-refractivity contribution in [2.45, 2.75) is 20.3 Å². The van der Waals surface area contributed by atoms with E-state index in [1.807, 2.05) is 19.1 Å². The molecule has 0 fully saturated rings. The first-order chi connectivity index (χ1) is 7.61. The smallest absolute Gasteiger partial charge is 0.302 e. The summed E-state index contributed by atoms with van der Waals surface area (Å²) in [6, 6.07) is 6.31. The van der Waals surface area contributed by atoms with Crippen LogP contribution in [-0.4, -0.2) is 12.6 Å². The Hall–Kier alpha value is -1.64. The highest BCUT2D eigenvalue weighted by atomic mass is 19.1. The lowest BCUT2D eigenvalue weighted by molar-refractivity contribution is -0.139. The molecule has 1 aromatic rings. The second-order valence-corrected chi connectivity index (χ2v) is 3.49. The molecule has 0 unspecified atom stereocenters.